The summed E-state index contributed by atoms with van der Waals surface area (Å²) in [6.07, 6.45) is 12.5. The molecule has 4 nitrogen and oxygen atoms in total. The minimum absolute atomic E-state index is 0.0645. The molecule has 29 heavy (non-hydrogen) atoms. The van der Waals surface area contributed by atoms with Crippen LogP contribution in [-0.2, 0) is 18.9 Å². The van der Waals surface area contributed by atoms with Gasteiger partial charge in [-0.1, -0.05) is 0 Å². The second kappa shape index (κ2) is 20.3. The fourth-order valence-electron chi connectivity index (χ4n) is 3.58. The molecule has 0 bridgehead atoms. The van der Waals surface area contributed by atoms with Gasteiger partial charge in [-0.25, -0.2) is 0 Å². The van der Waals surface area contributed by atoms with E-state index in [1.165, 1.54) is 51.8 Å². The molecule has 0 aliphatic carbocycles. The molecule has 174 valence electrons. The Morgan fingerprint density at radius 2 is 1.41 bits per heavy atom. The molecular weight excluding hydrogens is 471 g/mol. The monoisotopic (exact) mass is 522 g/mol. The van der Waals surface area contributed by atoms with Gasteiger partial charge in [-0.15, -0.1) is 0 Å². The van der Waals surface area contributed by atoms with E-state index in [0.29, 0.717) is 32.5 Å². The molecule has 0 N–H and O–H groups in total. The predicted octanol–water partition coefficient (Wildman–Crippen LogP) is 6.61. The Morgan fingerprint density at radius 3 is 1.90 bits per heavy atom. The van der Waals surface area contributed by atoms with Crippen LogP contribution < -0.4 is 0 Å². The van der Waals surface area contributed by atoms with E-state index in [0.717, 1.165) is 4.62 Å². The molecule has 0 fully saturated rings. The van der Waals surface area contributed by atoms with Gasteiger partial charge in [0.1, 0.15) is 0 Å². The molecule has 0 radical (unpaired) electrons. The van der Waals surface area contributed by atoms with E-state index >= 15 is 0 Å². The van der Waals surface area contributed by atoms with Gasteiger partial charge in [0, 0.05) is 7.11 Å². The standard InChI is InChI=1S/C12H23O4.3C4H9.Sn/c1-11(2)12(6-5-7-13-3)16-10-15-9-8-14-4;3*1-3-4-2;/h5-6,11-12H,3,7-10H2,1-2,4H3;3*1,3-4H2,2H3;/b6-5-;;;;. The average molecular weight is 521 g/mol. The summed E-state index contributed by atoms with van der Waals surface area (Å²) in [5.74, 6) is 0.411. The van der Waals surface area contributed by atoms with Gasteiger partial charge >= 0.3 is 179 Å². The van der Waals surface area contributed by atoms with Crippen LogP contribution in [0.3, 0.4) is 0 Å². The van der Waals surface area contributed by atoms with Crippen LogP contribution in [0.1, 0.15) is 73.1 Å². The molecule has 0 heterocycles. The summed E-state index contributed by atoms with van der Waals surface area (Å²) < 4.78 is 28.2. The summed E-state index contributed by atoms with van der Waals surface area (Å²) >= 11 is -2.17. The van der Waals surface area contributed by atoms with Gasteiger partial charge < -0.3 is 0 Å². The number of ether oxygens (including phenoxy) is 4. The quantitative estimate of drug-likeness (QED) is 0.0738. The third-order valence-electron chi connectivity index (χ3n) is 5.56. The van der Waals surface area contributed by atoms with Crippen LogP contribution in [0, 0.1) is 5.92 Å². The van der Waals surface area contributed by atoms with Gasteiger partial charge in [0.15, 0.2) is 0 Å². The summed E-state index contributed by atoms with van der Waals surface area (Å²) in [5, 5.41) is 0. The Labute approximate surface area is 186 Å². The molecule has 0 aromatic carbocycles. The van der Waals surface area contributed by atoms with Crippen LogP contribution >= 0.6 is 0 Å². The van der Waals surface area contributed by atoms with Crippen molar-refractivity contribution in [3.63, 3.8) is 0 Å². The normalized spacial score (nSPS) is 13.6. The first-order valence-corrected chi connectivity index (χ1v) is 20.0. The van der Waals surface area contributed by atoms with Crippen LogP contribution in [0.15, 0.2) is 12.2 Å². The minimum atomic E-state index is -2.17. The first-order valence-electron chi connectivity index (χ1n) is 12.0. The van der Waals surface area contributed by atoms with Crippen molar-refractivity contribution in [3.05, 3.63) is 12.2 Å². The summed E-state index contributed by atoms with van der Waals surface area (Å²) in [4.78, 5) is 0. The zero-order chi connectivity index (χ0) is 21.8. The number of unbranched alkanes of at least 4 members (excludes halogenated alkanes) is 3. The molecule has 0 rings (SSSR count). The fourth-order valence-corrected chi connectivity index (χ4v) is 18.0. The number of methoxy groups -OCH3 is 1. The fraction of sp³-hybridized carbons (Fsp3) is 0.917. The maximum atomic E-state index is 6.28. The first-order chi connectivity index (χ1) is 14.0. The van der Waals surface area contributed by atoms with Gasteiger partial charge in [0.2, 0.25) is 0 Å². The zero-order valence-electron chi connectivity index (χ0n) is 20.3. The van der Waals surface area contributed by atoms with Crippen molar-refractivity contribution >= 4 is 18.4 Å². The van der Waals surface area contributed by atoms with E-state index in [1.807, 2.05) is 0 Å². The van der Waals surface area contributed by atoms with E-state index in [9.17, 15) is 0 Å². The molecule has 0 amide bonds. The van der Waals surface area contributed by atoms with Crippen molar-refractivity contribution in [1.29, 1.82) is 0 Å². The number of hydrogen-bond donors (Lipinski definition) is 0. The van der Waals surface area contributed by atoms with Gasteiger partial charge in [0.05, 0.1) is 0 Å². The molecule has 0 aliphatic heterocycles. The van der Waals surface area contributed by atoms with Crippen LogP contribution in [0.2, 0.25) is 13.3 Å². The Bertz CT molecular complexity index is 352. The molecule has 1 atom stereocenters. The van der Waals surface area contributed by atoms with Crippen molar-refractivity contribution in [2.75, 3.05) is 38.3 Å². The van der Waals surface area contributed by atoms with E-state index in [-0.39, 0.29) is 6.10 Å². The van der Waals surface area contributed by atoms with Crippen molar-refractivity contribution in [1.82, 2.24) is 0 Å². The Hall–Kier alpha value is 0.379. The van der Waals surface area contributed by atoms with Crippen molar-refractivity contribution in [3.8, 4) is 0 Å². The second-order valence-electron chi connectivity index (χ2n) is 8.65. The summed E-state index contributed by atoms with van der Waals surface area (Å²) in [5.41, 5.74) is 0. The number of hydrogen-bond acceptors (Lipinski definition) is 4. The Morgan fingerprint density at radius 1 is 0.828 bits per heavy atom. The van der Waals surface area contributed by atoms with E-state index in [1.54, 1.807) is 7.11 Å². The molecule has 1 unspecified atom stereocenters. The Kier molecular flexibility index (Phi) is 20.6. The molecule has 0 saturated carbocycles. The molecular formula is C24H50O4Sn. The van der Waals surface area contributed by atoms with E-state index < -0.39 is 18.4 Å². The Balaban J connectivity index is 4.54. The maximum absolute atomic E-state index is 6.28. The molecule has 0 aromatic rings. The topological polar surface area (TPSA) is 36.9 Å². The van der Waals surface area contributed by atoms with Gasteiger partial charge in [0.25, 0.3) is 0 Å². The molecule has 0 aliphatic rings. The van der Waals surface area contributed by atoms with Gasteiger partial charge in [-0.3, -0.25) is 0 Å². The molecule has 0 aromatic heterocycles. The SMILES string of the molecule is CCC[CH2][Sn]([CH2]CCC)([CH2]CCC)[CH2]OC/C=C\C(OCOCCOC)C(C)C. The summed E-state index contributed by atoms with van der Waals surface area (Å²) in [7, 11) is 1.68. The van der Waals surface area contributed by atoms with Gasteiger partial charge in [-0.2, -0.15) is 0 Å². The third-order valence-corrected chi connectivity index (χ3v) is 20.0. The van der Waals surface area contributed by atoms with E-state index in [2.05, 4.69) is 46.8 Å². The van der Waals surface area contributed by atoms with Crippen molar-refractivity contribution in [2.45, 2.75) is 92.6 Å². The predicted molar refractivity (Wildman–Crippen MR) is 127 cm³/mol. The van der Waals surface area contributed by atoms with Crippen LogP contribution in [0.4, 0.5) is 0 Å². The molecule has 0 saturated heterocycles. The molecule has 5 heteroatoms. The van der Waals surface area contributed by atoms with Gasteiger partial charge in [-0.05, 0) is 0 Å². The number of rotatable bonds is 21. The average Bonchev–Trinajstić information content (AvgIpc) is 2.72. The molecule has 0 spiro atoms. The van der Waals surface area contributed by atoms with Crippen molar-refractivity contribution < 1.29 is 18.9 Å². The van der Waals surface area contributed by atoms with Crippen LogP contribution in [0.5, 0.6) is 0 Å². The van der Waals surface area contributed by atoms with Crippen LogP contribution in [-0.4, -0.2) is 62.8 Å². The first kappa shape index (κ1) is 29.4. The zero-order valence-corrected chi connectivity index (χ0v) is 23.2. The van der Waals surface area contributed by atoms with Crippen molar-refractivity contribution in [2.24, 2.45) is 5.92 Å². The third kappa shape index (κ3) is 15.8. The summed E-state index contributed by atoms with van der Waals surface area (Å²) in [6.45, 7) is 13.5. The van der Waals surface area contributed by atoms with E-state index in [4.69, 9.17) is 18.9 Å². The summed E-state index contributed by atoms with van der Waals surface area (Å²) in [6, 6.07) is 0. The van der Waals surface area contributed by atoms with Crippen LogP contribution in [0.25, 0.3) is 0 Å². The second-order valence-corrected chi connectivity index (χ2v) is 22.3.